The Morgan fingerprint density at radius 3 is 2.54 bits per heavy atom. The zero-order chi connectivity index (χ0) is 9.73. The summed E-state index contributed by atoms with van der Waals surface area (Å²) < 4.78 is 26.9. The van der Waals surface area contributed by atoms with Crippen LogP contribution in [0.2, 0.25) is 0 Å². The van der Waals surface area contributed by atoms with Gasteiger partial charge in [-0.05, 0) is 31.4 Å². The topological polar surface area (TPSA) is 12.0 Å². The maximum Gasteiger partial charge on any atom is 0.252 e. The van der Waals surface area contributed by atoms with Crippen LogP contribution >= 0.6 is 11.8 Å². The number of thioether (sulfide) groups is 1. The van der Waals surface area contributed by atoms with E-state index in [4.69, 9.17) is 0 Å². The summed E-state index contributed by atoms with van der Waals surface area (Å²) in [6.07, 6.45) is 1.35. The Hall–Kier alpha value is 0.170. The Kier molecular flexibility index (Phi) is 4.46. The molecule has 1 rings (SSSR count). The molecule has 0 spiro atoms. The van der Waals surface area contributed by atoms with Crippen molar-refractivity contribution in [3.63, 3.8) is 0 Å². The summed E-state index contributed by atoms with van der Waals surface area (Å²) >= 11 is 1.79. The van der Waals surface area contributed by atoms with Gasteiger partial charge in [0.1, 0.15) is 0 Å². The fraction of sp³-hybridized carbons (Fsp3) is 1.00. The van der Waals surface area contributed by atoms with Gasteiger partial charge in [0, 0.05) is 18.9 Å². The van der Waals surface area contributed by atoms with Gasteiger partial charge in [0.2, 0.25) is 0 Å². The van der Waals surface area contributed by atoms with Gasteiger partial charge in [-0.1, -0.05) is 0 Å². The number of halogens is 2. The second-order valence-corrected chi connectivity index (χ2v) is 4.73. The highest BCUT2D eigenvalue weighted by molar-refractivity contribution is 7.99. The van der Waals surface area contributed by atoms with E-state index in [0.717, 1.165) is 11.5 Å². The van der Waals surface area contributed by atoms with Crippen LogP contribution in [0.5, 0.6) is 0 Å². The summed E-state index contributed by atoms with van der Waals surface area (Å²) in [6.45, 7) is 0.413. The van der Waals surface area contributed by atoms with Gasteiger partial charge >= 0.3 is 0 Å². The molecule has 4 heteroatoms. The van der Waals surface area contributed by atoms with E-state index in [-0.39, 0.29) is 12.3 Å². The van der Waals surface area contributed by atoms with Crippen molar-refractivity contribution in [2.24, 2.45) is 5.92 Å². The maximum atomic E-state index is 13.4. The van der Waals surface area contributed by atoms with E-state index in [1.165, 1.54) is 0 Å². The molecular formula is C9H17F2NS. The Balaban J connectivity index is 2.36. The summed E-state index contributed by atoms with van der Waals surface area (Å²) in [4.78, 5) is 0. The minimum atomic E-state index is -2.45. The van der Waals surface area contributed by atoms with Crippen LogP contribution in [0.1, 0.15) is 19.3 Å². The van der Waals surface area contributed by atoms with Gasteiger partial charge in [-0.3, -0.25) is 0 Å². The van der Waals surface area contributed by atoms with Crippen molar-refractivity contribution in [3.8, 4) is 0 Å². The first-order valence-corrected chi connectivity index (χ1v) is 5.92. The van der Waals surface area contributed by atoms with Crippen molar-refractivity contribution in [2.75, 3.05) is 25.1 Å². The van der Waals surface area contributed by atoms with Gasteiger partial charge in [0.05, 0.1) is 0 Å². The predicted octanol–water partition coefficient (Wildman–Crippen LogP) is 2.37. The molecule has 1 nitrogen and oxygen atoms in total. The van der Waals surface area contributed by atoms with Crippen molar-refractivity contribution in [1.29, 1.82) is 0 Å². The standard InChI is InChI=1S/C9H17F2NS/c1-12-5-4-9(10,11)8-2-6-13-7-3-8/h8,12H,2-7H2,1H3. The number of rotatable bonds is 4. The highest BCUT2D eigenvalue weighted by Gasteiger charge is 2.38. The van der Waals surface area contributed by atoms with E-state index in [2.05, 4.69) is 5.32 Å². The largest absolute Gasteiger partial charge is 0.320 e. The summed E-state index contributed by atoms with van der Waals surface area (Å²) in [6, 6.07) is 0. The molecule has 0 aromatic carbocycles. The first-order chi connectivity index (χ1) is 6.17. The number of nitrogens with one attached hydrogen (secondary N) is 1. The van der Waals surface area contributed by atoms with Gasteiger partial charge in [0.25, 0.3) is 5.92 Å². The average Bonchev–Trinajstić information content (AvgIpc) is 2.16. The van der Waals surface area contributed by atoms with Crippen molar-refractivity contribution >= 4 is 11.8 Å². The summed E-state index contributed by atoms with van der Waals surface area (Å²) in [7, 11) is 1.72. The van der Waals surface area contributed by atoms with Crippen LogP contribution in [-0.4, -0.2) is 31.0 Å². The maximum absolute atomic E-state index is 13.4. The lowest BCUT2D eigenvalue weighted by Crippen LogP contribution is -2.34. The Morgan fingerprint density at radius 1 is 1.38 bits per heavy atom. The van der Waals surface area contributed by atoms with Crippen molar-refractivity contribution in [2.45, 2.75) is 25.2 Å². The van der Waals surface area contributed by atoms with Gasteiger partial charge in [0.15, 0.2) is 0 Å². The first kappa shape index (κ1) is 11.2. The smallest absolute Gasteiger partial charge is 0.252 e. The number of hydrogen-bond donors (Lipinski definition) is 1. The van der Waals surface area contributed by atoms with Crippen LogP contribution in [0.3, 0.4) is 0 Å². The van der Waals surface area contributed by atoms with E-state index >= 15 is 0 Å². The lowest BCUT2D eigenvalue weighted by atomic mass is 9.93. The van der Waals surface area contributed by atoms with Crippen LogP contribution < -0.4 is 5.32 Å². The molecule has 1 heterocycles. The molecule has 78 valence electrons. The third-order valence-corrected chi connectivity index (χ3v) is 3.58. The molecule has 1 saturated heterocycles. The monoisotopic (exact) mass is 209 g/mol. The molecule has 1 fully saturated rings. The molecule has 0 aliphatic carbocycles. The molecule has 0 atom stereocenters. The first-order valence-electron chi connectivity index (χ1n) is 4.77. The number of hydrogen-bond acceptors (Lipinski definition) is 2. The molecule has 13 heavy (non-hydrogen) atoms. The van der Waals surface area contributed by atoms with E-state index < -0.39 is 5.92 Å². The highest BCUT2D eigenvalue weighted by atomic mass is 32.2. The van der Waals surface area contributed by atoms with E-state index in [1.807, 2.05) is 0 Å². The molecule has 0 amide bonds. The molecule has 0 aromatic heterocycles. The van der Waals surface area contributed by atoms with Gasteiger partial charge < -0.3 is 5.32 Å². The second kappa shape index (κ2) is 5.15. The van der Waals surface area contributed by atoms with Gasteiger partial charge in [-0.25, -0.2) is 8.78 Å². The Bertz CT molecular complexity index is 147. The zero-order valence-electron chi connectivity index (χ0n) is 7.98. The summed E-state index contributed by atoms with van der Waals surface area (Å²) in [5.74, 6) is -1.02. The zero-order valence-corrected chi connectivity index (χ0v) is 8.80. The normalized spacial score (nSPS) is 20.5. The third kappa shape index (κ3) is 3.43. The van der Waals surface area contributed by atoms with Crippen LogP contribution in [-0.2, 0) is 0 Å². The van der Waals surface area contributed by atoms with Gasteiger partial charge in [-0.15, -0.1) is 0 Å². The van der Waals surface area contributed by atoms with Crippen LogP contribution in [0.25, 0.3) is 0 Å². The summed E-state index contributed by atoms with van der Waals surface area (Å²) in [5, 5.41) is 2.78. The quantitative estimate of drug-likeness (QED) is 0.763. The lowest BCUT2D eigenvalue weighted by Gasteiger charge is -2.29. The minimum Gasteiger partial charge on any atom is -0.320 e. The average molecular weight is 209 g/mol. The Morgan fingerprint density at radius 2 is 2.00 bits per heavy atom. The molecule has 0 saturated carbocycles. The van der Waals surface area contributed by atoms with Crippen molar-refractivity contribution in [1.82, 2.24) is 5.32 Å². The van der Waals surface area contributed by atoms with Crippen LogP contribution in [0, 0.1) is 5.92 Å². The van der Waals surface area contributed by atoms with E-state index in [9.17, 15) is 8.78 Å². The number of alkyl halides is 2. The Labute approximate surface area is 82.7 Å². The van der Waals surface area contributed by atoms with Crippen molar-refractivity contribution < 1.29 is 8.78 Å². The lowest BCUT2D eigenvalue weighted by molar-refractivity contribution is -0.0670. The molecule has 1 aliphatic heterocycles. The van der Waals surface area contributed by atoms with Crippen molar-refractivity contribution in [3.05, 3.63) is 0 Å². The van der Waals surface area contributed by atoms with E-state index in [0.29, 0.717) is 19.4 Å². The second-order valence-electron chi connectivity index (χ2n) is 3.50. The van der Waals surface area contributed by atoms with Gasteiger partial charge in [-0.2, -0.15) is 11.8 Å². The van der Waals surface area contributed by atoms with Crippen LogP contribution in [0.4, 0.5) is 8.78 Å². The molecule has 0 aromatic rings. The summed E-state index contributed by atoms with van der Waals surface area (Å²) in [5.41, 5.74) is 0. The molecular weight excluding hydrogens is 192 g/mol. The molecule has 0 unspecified atom stereocenters. The highest BCUT2D eigenvalue weighted by Crippen LogP contribution is 2.37. The minimum absolute atomic E-state index is 0.0150. The van der Waals surface area contributed by atoms with E-state index in [1.54, 1.807) is 18.8 Å². The molecule has 0 bridgehead atoms. The fourth-order valence-electron chi connectivity index (χ4n) is 1.62. The van der Waals surface area contributed by atoms with Crippen LogP contribution in [0.15, 0.2) is 0 Å². The fourth-order valence-corrected chi connectivity index (χ4v) is 2.72. The molecule has 1 N–H and O–H groups in total. The predicted molar refractivity (Wildman–Crippen MR) is 53.5 cm³/mol. The molecule has 1 aliphatic rings. The third-order valence-electron chi connectivity index (χ3n) is 2.53. The SMILES string of the molecule is CNCCC(F)(F)C1CCSCC1. The molecule has 0 radical (unpaired) electrons.